The van der Waals surface area contributed by atoms with E-state index in [0.29, 0.717) is 5.56 Å². The number of carbonyl (C=O) groups is 2. The van der Waals surface area contributed by atoms with Crippen molar-refractivity contribution in [1.29, 1.82) is 10.5 Å². The summed E-state index contributed by atoms with van der Waals surface area (Å²) in [4.78, 5) is 30.0. The number of rotatable bonds is 6. The average molecular weight is 511 g/mol. The molecule has 0 aliphatic heterocycles. The van der Waals surface area contributed by atoms with Crippen LogP contribution < -0.4 is 10.6 Å². The van der Waals surface area contributed by atoms with Crippen LogP contribution >= 0.6 is 11.6 Å². The summed E-state index contributed by atoms with van der Waals surface area (Å²) in [6, 6.07) is 9.45. The molecule has 3 rings (SSSR count). The zero-order chi connectivity index (χ0) is 25.8. The highest BCUT2D eigenvalue weighted by molar-refractivity contribution is 7.92. The minimum atomic E-state index is -2.93. The number of hydrogen-bond acceptors (Lipinski definition) is 8. The van der Waals surface area contributed by atoms with Gasteiger partial charge in [-0.05, 0) is 42.8 Å². The predicted molar refractivity (Wildman–Crippen MR) is 129 cm³/mol. The van der Waals surface area contributed by atoms with E-state index in [1.807, 2.05) is 6.07 Å². The SMILES string of the molecule is CNC(=O)c1cc(C#N)cc(C)c1NC(=O)c1cc(CS(C)(=O)=NC#N)nn1-c1ncccc1Cl. The fraction of sp³-hybridized carbons (Fsp3) is 0.182. The number of hydrogen-bond donors (Lipinski definition) is 2. The summed E-state index contributed by atoms with van der Waals surface area (Å²) in [5, 5.41) is 27.8. The van der Waals surface area contributed by atoms with Crippen molar-refractivity contribution in [3.8, 4) is 18.1 Å². The third-order valence-electron chi connectivity index (χ3n) is 4.76. The Morgan fingerprint density at radius 1 is 1.26 bits per heavy atom. The number of nitrogens with zero attached hydrogens (tertiary/aromatic N) is 6. The van der Waals surface area contributed by atoms with Gasteiger partial charge in [-0.3, -0.25) is 9.59 Å². The van der Waals surface area contributed by atoms with Crippen molar-refractivity contribution >= 4 is 38.8 Å². The highest BCUT2D eigenvalue weighted by Gasteiger charge is 2.23. The van der Waals surface area contributed by atoms with E-state index in [0.717, 1.165) is 0 Å². The molecule has 35 heavy (non-hydrogen) atoms. The molecule has 3 aromatic rings. The number of carbonyl (C=O) groups excluding carboxylic acids is 2. The number of anilines is 1. The largest absolute Gasteiger partial charge is 0.355 e. The number of aryl methyl sites for hydroxylation is 1. The Morgan fingerprint density at radius 3 is 2.63 bits per heavy atom. The van der Waals surface area contributed by atoms with Crippen LogP contribution in [-0.2, 0) is 15.5 Å². The first-order chi connectivity index (χ1) is 16.6. The predicted octanol–water partition coefficient (Wildman–Crippen LogP) is 2.79. The second kappa shape index (κ2) is 10.3. The number of pyridine rings is 1. The number of nitrogens with one attached hydrogen (secondary N) is 2. The molecule has 2 heterocycles. The smallest absolute Gasteiger partial charge is 0.274 e. The lowest BCUT2D eigenvalue weighted by atomic mass is 10.0. The summed E-state index contributed by atoms with van der Waals surface area (Å²) in [7, 11) is -1.50. The summed E-state index contributed by atoms with van der Waals surface area (Å²) in [5.74, 6) is -1.21. The lowest BCUT2D eigenvalue weighted by Gasteiger charge is -2.14. The van der Waals surface area contributed by atoms with Crippen LogP contribution in [0, 0.1) is 29.7 Å². The molecule has 1 aromatic carbocycles. The molecule has 0 saturated heterocycles. The molecule has 0 radical (unpaired) electrons. The summed E-state index contributed by atoms with van der Waals surface area (Å²) in [6.07, 6.45) is 4.29. The van der Waals surface area contributed by atoms with Crippen molar-refractivity contribution in [1.82, 2.24) is 20.1 Å². The van der Waals surface area contributed by atoms with Gasteiger partial charge in [0.2, 0.25) is 6.19 Å². The van der Waals surface area contributed by atoms with Crippen LogP contribution in [0.5, 0.6) is 0 Å². The van der Waals surface area contributed by atoms with Crippen LogP contribution in [0.2, 0.25) is 5.02 Å². The second-order valence-electron chi connectivity index (χ2n) is 7.40. The molecule has 0 fully saturated rings. The van der Waals surface area contributed by atoms with Crippen LogP contribution in [0.1, 0.15) is 37.7 Å². The molecule has 2 amide bonds. The maximum atomic E-state index is 13.4. The fourth-order valence-electron chi connectivity index (χ4n) is 3.26. The number of nitriles is 2. The lowest BCUT2D eigenvalue weighted by molar-refractivity contribution is 0.0964. The minimum absolute atomic E-state index is 0.0145. The standard InChI is InChI=1S/C22H19ClN8O3S/c1-13-7-14(10-24)8-16(21(32)26-2)19(13)29-22(33)18-9-15(11-35(3,34)28-12-25)30-31(18)20-17(23)5-4-6-27-20/h4-9H,11H2,1-3H3,(H,26,32)(H,29,33). The summed E-state index contributed by atoms with van der Waals surface area (Å²) >= 11 is 6.28. The molecule has 1 atom stereocenters. The van der Waals surface area contributed by atoms with Crippen LogP contribution in [0.4, 0.5) is 5.69 Å². The third-order valence-corrected chi connectivity index (χ3v) is 6.35. The van der Waals surface area contributed by atoms with Crippen LogP contribution in [0.3, 0.4) is 0 Å². The van der Waals surface area contributed by atoms with E-state index >= 15 is 0 Å². The molecule has 0 aliphatic rings. The third kappa shape index (κ3) is 5.63. The van der Waals surface area contributed by atoms with Crippen molar-refractivity contribution in [3.63, 3.8) is 0 Å². The van der Waals surface area contributed by atoms with E-state index in [2.05, 4.69) is 25.1 Å². The second-order valence-corrected chi connectivity index (χ2v) is 10.2. The molecular weight excluding hydrogens is 492 g/mol. The van der Waals surface area contributed by atoms with Gasteiger partial charge in [0, 0.05) is 19.5 Å². The molecule has 0 saturated carbocycles. The van der Waals surface area contributed by atoms with Gasteiger partial charge < -0.3 is 10.6 Å². The van der Waals surface area contributed by atoms with Gasteiger partial charge in [0.05, 0.1) is 49.1 Å². The molecule has 0 aliphatic carbocycles. The van der Waals surface area contributed by atoms with Crippen molar-refractivity contribution in [3.05, 3.63) is 69.6 Å². The number of benzene rings is 1. The molecule has 0 spiro atoms. The van der Waals surface area contributed by atoms with Gasteiger partial charge in [-0.15, -0.1) is 4.36 Å². The van der Waals surface area contributed by atoms with Gasteiger partial charge >= 0.3 is 0 Å². The maximum absolute atomic E-state index is 13.4. The minimum Gasteiger partial charge on any atom is -0.355 e. The first-order valence-corrected chi connectivity index (χ1v) is 12.4. The lowest BCUT2D eigenvalue weighted by Crippen LogP contribution is -2.24. The van der Waals surface area contributed by atoms with Gasteiger partial charge in [0.25, 0.3) is 11.8 Å². The average Bonchev–Trinajstić information content (AvgIpc) is 3.22. The van der Waals surface area contributed by atoms with E-state index in [4.69, 9.17) is 16.9 Å². The Labute approximate surface area is 206 Å². The van der Waals surface area contributed by atoms with E-state index in [1.54, 1.807) is 19.1 Å². The Kier molecular flexibility index (Phi) is 7.49. The summed E-state index contributed by atoms with van der Waals surface area (Å²) < 4.78 is 17.2. The Hall–Kier alpha value is -4.26. The topological polar surface area (TPSA) is 166 Å². The molecule has 11 nitrogen and oxygen atoms in total. The molecule has 178 valence electrons. The summed E-state index contributed by atoms with van der Waals surface area (Å²) in [5.41, 5.74) is 1.25. The van der Waals surface area contributed by atoms with Crippen molar-refractivity contribution < 1.29 is 13.8 Å². The maximum Gasteiger partial charge on any atom is 0.274 e. The van der Waals surface area contributed by atoms with Crippen molar-refractivity contribution in [2.45, 2.75) is 12.7 Å². The van der Waals surface area contributed by atoms with E-state index in [-0.39, 0.29) is 44.8 Å². The van der Waals surface area contributed by atoms with Gasteiger partial charge in [-0.25, -0.2) is 13.9 Å². The first-order valence-electron chi connectivity index (χ1n) is 9.96. The Balaban J connectivity index is 2.14. The zero-order valence-corrected chi connectivity index (χ0v) is 20.4. The first kappa shape index (κ1) is 25.4. The monoisotopic (exact) mass is 510 g/mol. The molecule has 2 N–H and O–H groups in total. The van der Waals surface area contributed by atoms with Gasteiger partial charge in [-0.1, -0.05) is 11.6 Å². The normalized spacial score (nSPS) is 12.1. The van der Waals surface area contributed by atoms with Gasteiger partial charge in [-0.2, -0.15) is 15.6 Å². The number of halogens is 1. The van der Waals surface area contributed by atoms with E-state index in [9.17, 15) is 19.1 Å². The highest BCUT2D eigenvalue weighted by atomic mass is 35.5. The van der Waals surface area contributed by atoms with Crippen molar-refractivity contribution in [2.75, 3.05) is 18.6 Å². The van der Waals surface area contributed by atoms with Crippen molar-refractivity contribution in [2.24, 2.45) is 4.36 Å². The van der Waals surface area contributed by atoms with E-state index < -0.39 is 21.5 Å². The molecule has 0 bridgehead atoms. The molecule has 1 unspecified atom stereocenters. The van der Waals surface area contributed by atoms with Gasteiger partial charge in [0.15, 0.2) is 5.82 Å². The highest BCUT2D eigenvalue weighted by Crippen LogP contribution is 2.25. The van der Waals surface area contributed by atoms with Gasteiger partial charge in [0.1, 0.15) is 5.69 Å². The van der Waals surface area contributed by atoms with Crippen LogP contribution in [-0.4, -0.2) is 44.1 Å². The van der Waals surface area contributed by atoms with Crippen LogP contribution in [0.25, 0.3) is 5.82 Å². The number of amides is 2. The number of aromatic nitrogens is 3. The zero-order valence-electron chi connectivity index (χ0n) is 18.9. The Bertz CT molecular complexity index is 1540. The van der Waals surface area contributed by atoms with E-state index in [1.165, 1.54) is 48.6 Å². The molecular formula is C22H19ClN8O3S. The quantitative estimate of drug-likeness (QED) is 0.481. The molecule has 2 aromatic heterocycles. The molecule has 13 heteroatoms. The Morgan fingerprint density at radius 2 is 2.00 bits per heavy atom. The fourth-order valence-corrected chi connectivity index (χ4v) is 4.39. The van der Waals surface area contributed by atoms with Crippen LogP contribution in [0.15, 0.2) is 40.9 Å². The summed E-state index contributed by atoms with van der Waals surface area (Å²) in [6.45, 7) is 1.65.